The Kier molecular flexibility index (Phi) is 6.39. The van der Waals surface area contributed by atoms with Crippen molar-refractivity contribution in [1.29, 1.82) is 0 Å². The van der Waals surface area contributed by atoms with Crippen molar-refractivity contribution in [2.24, 2.45) is 5.92 Å². The predicted octanol–water partition coefficient (Wildman–Crippen LogP) is 1.53. The average Bonchev–Trinajstić information content (AvgIpc) is 1.84. The summed E-state index contributed by atoms with van der Waals surface area (Å²) in [5.41, 5.74) is 0. The molecule has 0 amide bonds. The van der Waals surface area contributed by atoms with Crippen LogP contribution in [0.15, 0.2) is 0 Å². The van der Waals surface area contributed by atoms with Gasteiger partial charge < -0.3 is 9.80 Å². The molecular formula is C10H24N2. The van der Waals surface area contributed by atoms with Crippen LogP contribution in [0.4, 0.5) is 0 Å². The normalized spacial score (nSPS) is 14.2. The van der Waals surface area contributed by atoms with E-state index < -0.39 is 0 Å². The Morgan fingerprint density at radius 1 is 1.00 bits per heavy atom. The van der Waals surface area contributed by atoms with Crippen molar-refractivity contribution in [2.45, 2.75) is 19.8 Å². The van der Waals surface area contributed by atoms with E-state index in [-0.39, 0.29) is 0 Å². The van der Waals surface area contributed by atoms with Crippen LogP contribution in [-0.2, 0) is 0 Å². The fourth-order valence-electron chi connectivity index (χ4n) is 1.47. The summed E-state index contributed by atoms with van der Waals surface area (Å²) >= 11 is 0. The Hall–Kier alpha value is -0.0800. The van der Waals surface area contributed by atoms with Gasteiger partial charge in [-0.1, -0.05) is 6.92 Å². The molecule has 0 aromatic heterocycles. The molecule has 0 saturated carbocycles. The number of hydrogen-bond donors (Lipinski definition) is 0. The monoisotopic (exact) mass is 172 g/mol. The molecule has 0 bridgehead atoms. The van der Waals surface area contributed by atoms with E-state index in [2.05, 4.69) is 44.9 Å². The average molecular weight is 172 g/mol. The van der Waals surface area contributed by atoms with Crippen LogP contribution in [0.5, 0.6) is 0 Å². The van der Waals surface area contributed by atoms with Crippen LogP contribution in [0, 0.1) is 5.92 Å². The lowest BCUT2D eigenvalue weighted by Gasteiger charge is -2.17. The molecule has 0 aromatic carbocycles. The molecule has 0 heterocycles. The van der Waals surface area contributed by atoms with E-state index in [1.807, 2.05) is 0 Å². The smallest absolute Gasteiger partial charge is 0.0000928 e. The first-order valence-corrected chi connectivity index (χ1v) is 4.82. The summed E-state index contributed by atoms with van der Waals surface area (Å²) in [5.74, 6) is 0.833. The van der Waals surface area contributed by atoms with Crippen LogP contribution < -0.4 is 0 Å². The topological polar surface area (TPSA) is 6.48 Å². The SMILES string of the molecule is CC(CCCN(C)C)CN(C)C. The fourth-order valence-corrected chi connectivity index (χ4v) is 1.47. The van der Waals surface area contributed by atoms with E-state index >= 15 is 0 Å². The third-order valence-corrected chi connectivity index (χ3v) is 1.98. The second-order valence-corrected chi connectivity index (χ2v) is 4.31. The molecule has 1 atom stereocenters. The minimum absolute atomic E-state index is 0.833. The summed E-state index contributed by atoms with van der Waals surface area (Å²) < 4.78 is 0. The Balaban J connectivity index is 3.25. The van der Waals surface area contributed by atoms with E-state index in [1.54, 1.807) is 0 Å². The number of hydrogen-bond acceptors (Lipinski definition) is 2. The molecule has 2 nitrogen and oxygen atoms in total. The molecule has 0 spiro atoms. The molecule has 0 aromatic rings. The van der Waals surface area contributed by atoms with E-state index in [0.717, 1.165) is 5.92 Å². The molecule has 0 aliphatic heterocycles. The first-order valence-electron chi connectivity index (χ1n) is 4.82. The predicted molar refractivity (Wildman–Crippen MR) is 55.5 cm³/mol. The van der Waals surface area contributed by atoms with Crippen molar-refractivity contribution >= 4 is 0 Å². The third-order valence-electron chi connectivity index (χ3n) is 1.98. The van der Waals surface area contributed by atoms with Gasteiger partial charge >= 0.3 is 0 Å². The quantitative estimate of drug-likeness (QED) is 0.599. The van der Waals surface area contributed by atoms with E-state index in [9.17, 15) is 0 Å². The molecule has 0 radical (unpaired) electrons. The third kappa shape index (κ3) is 8.02. The maximum atomic E-state index is 2.33. The fraction of sp³-hybridized carbons (Fsp3) is 1.00. The lowest BCUT2D eigenvalue weighted by atomic mass is 10.1. The van der Waals surface area contributed by atoms with Gasteiger partial charge in [0, 0.05) is 6.54 Å². The zero-order valence-corrected chi connectivity index (χ0v) is 9.30. The van der Waals surface area contributed by atoms with Gasteiger partial charge in [-0.2, -0.15) is 0 Å². The van der Waals surface area contributed by atoms with E-state index in [1.165, 1.54) is 25.9 Å². The molecule has 74 valence electrons. The number of nitrogens with zero attached hydrogens (tertiary/aromatic N) is 2. The highest BCUT2D eigenvalue weighted by Crippen LogP contribution is 2.06. The summed E-state index contributed by atoms with van der Waals surface area (Å²) in [7, 11) is 8.55. The van der Waals surface area contributed by atoms with Crippen molar-refractivity contribution in [2.75, 3.05) is 41.3 Å². The Bertz CT molecular complexity index is 100. The van der Waals surface area contributed by atoms with Gasteiger partial charge in [0.1, 0.15) is 0 Å². The van der Waals surface area contributed by atoms with Gasteiger partial charge in [0.2, 0.25) is 0 Å². The van der Waals surface area contributed by atoms with Crippen LogP contribution >= 0.6 is 0 Å². The molecular weight excluding hydrogens is 148 g/mol. The lowest BCUT2D eigenvalue weighted by molar-refractivity contribution is 0.307. The van der Waals surface area contributed by atoms with Crippen LogP contribution in [0.1, 0.15) is 19.8 Å². The molecule has 0 aliphatic rings. The zero-order valence-electron chi connectivity index (χ0n) is 9.30. The summed E-state index contributed by atoms with van der Waals surface area (Å²) in [6.07, 6.45) is 2.67. The Morgan fingerprint density at radius 2 is 1.58 bits per heavy atom. The maximum absolute atomic E-state index is 2.33. The van der Waals surface area contributed by atoms with Crippen molar-refractivity contribution in [1.82, 2.24) is 9.80 Å². The van der Waals surface area contributed by atoms with Gasteiger partial charge in [0.25, 0.3) is 0 Å². The summed E-state index contributed by atoms with van der Waals surface area (Å²) in [5, 5.41) is 0. The zero-order chi connectivity index (χ0) is 9.56. The lowest BCUT2D eigenvalue weighted by Crippen LogP contribution is -2.21. The Labute approximate surface area is 77.5 Å². The van der Waals surface area contributed by atoms with Gasteiger partial charge in [0.05, 0.1) is 0 Å². The first kappa shape index (κ1) is 11.9. The van der Waals surface area contributed by atoms with Crippen molar-refractivity contribution in [3.63, 3.8) is 0 Å². The van der Waals surface area contributed by atoms with Crippen molar-refractivity contribution < 1.29 is 0 Å². The van der Waals surface area contributed by atoms with Gasteiger partial charge in [-0.25, -0.2) is 0 Å². The van der Waals surface area contributed by atoms with Gasteiger partial charge in [0.15, 0.2) is 0 Å². The second-order valence-electron chi connectivity index (χ2n) is 4.31. The summed E-state index contributed by atoms with van der Waals surface area (Å²) in [6.45, 7) is 4.76. The highest BCUT2D eigenvalue weighted by Gasteiger charge is 2.02. The van der Waals surface area contributed by atoms with Crippen molar-refractivity contribution in [3.05, 3.63) is 0 Å². The minimum atomic E-state index is 0.833. The van der Waals surface area contributed by atoms with Crippen LogP contribution in [0.3, 0.4) is 0 Å². The van der Waals surface area contributed by atoms with Gasteiger partial charge in [-0.15, -0.1) is 0 Å². The van der Waals surface area contributed by atoms with Crippen molar-refractivity contribution in [3.8, 4) is 0 Å². The molecule has 2 heteroatoms. The molecule has 0 N–H and O–H groups in total. The highest BCUT2D eigenvalue weighted by atomic mass is 15.1. The summed E-state index contributed by atoms with van der Waals surface area (Å²) in [4.78, 5) is 4.52. The van der Waals surface area contributed by atoms with Crippen LogP contribution in [0.25, 0.3) is 0 Å². The first-order chi connectivity index (χ1) is 5.52. The highest BCUT2D eigenvalue weighted by molar-refractivity contribution is 4.57. The molecule has 0 rings (SSSR count). The van der Waals surface area contributed by atoms with Gasteiger partial charge in [-0.3, -0.25) is 0 Å². The standard InChI is InChI=1S/C10H24N2/c1-10(9-12(4)5)7-6-8-11(2)3/h10H,6-9H2,1-5H3. The molecule has 0 aliphatic carbocycles. The van der Waals surface area contributed by atoms with Crippen LogP contribution in [-0.4, -0.2) is 51.1 Å². The molecule has 1 unspecified atom stereocenters. The molecule has 0 saturated heterocycles. The van der Waals surface area contributed by atoms with E-state index in [4.69, 9.17) is 0 Å². The molecule has 0 fully saturated rings. The summed E-state index contributed by atoms with van der Waals surface area (Å²) in [6, 6.07) is 0. The Morgan fingerprint density at radius 3 is 2.00 bits per heavy atom. The largest absolute Gasteiger partial charge is 0.309 e. The van der Waals surface area contributed by atoms with E-state index in [0.29, 0.717) is 0 Å². The van der Waals surface area contributed by atoms with Gasteiger partial charge in [-0.05, 0) is 53.5 Å². The van der Waals surface area contributed by atoms with Crippen LogP contribution in [0.2, 0.25) is 0 Å². The minimum Gasteiger partial charge on any atom is -0.309 e. The second kappa shape index (κ2) is 6.44. The molecule has 12 heavy (non-hydrogen) atoms. The number of rotatable bonds is 6. The maximum Gasteiger partial charge on any atom is 0.0000928 e.